The highest BCUT2D eigenvalue weighted by atomic mass is 16.5. The number of benzene rings is 2. The Balaban J connectivity index is 1.92. The van der Waals surface area contributed by atoms with Crippen molar-refractivity contribution in [2.75, 3.05) is 7.11 Å². The number of hydrogen-bond acceptors (Lipinski definition) is 2. The van der Waals surface area contributed by atoms with E-state index < -0.39 is 0 Å². The first-order valence-corrected chi connectivity index (χ1v) is 7.66. The molecule has 1 aliphatic rings. The minimum atomic E-state index is 0.741. The highest BCUT2D eigenvalue weighted by Gasteiger charge is 2.20. The summed E-state index contributed by atoms with van der Waals surface area (Å²) in [5.74, 6) is 0.988. The van der Waals surface area contributed by atoms with E-state index in [1.807, 2.05) is 0 Å². The first kappa shape index (κ1) is 14.2. The molecule has 2 aromatic carbocycles. The van der Waals surface area contributed by atoms with Gasteiger partial charge in [-0.2, -0.15) is 0 Å². The Bertz CT molecular complexity index is 644. The third-order valence-electron chi connectivity index (χ3n) is 4.29. The van der Waals surface area contributed by atoms with Gasteiger partial charge >= 0.3 is 0 Å². The molecule has 0 saturated heterocycles. The molecule has 2 heteroatoms. The molecule has 0 heterocycles. The molecule has 21 heavy (non-hydrogen) atoms. The highest BCUT2D eigenvalue weighted by molar-refractivity contribution is 5.73. The summed E-state index contributed by atoms with van der Waals surface area (Å²) >= 11 is 0. The summed E-state index contributed by atoms with van der Waals surface area (Å²) in [5.41, 5.74) is 6.22. The number of hydrogen-bond donors (Lipinski definition) is 1. The van der Waals surface area contributed by atoms with Crippen molar-refractivity contribution < 1.29 is 4.74 Å². The van der Waals surface area contributed by atoms with Crippen LogP contribution in [-0.2, 0) is 6.54 Å². The van der Waals surface area contributed by atoms with Crippen molar-refractivity contribution in [3.05, 3.63) is 53.1 Å². The van der Waals surface area contributed by atoms with Gasteiger partial charge in [0, 0.05) is 18.2 Å². The number of ether oxygens (including phenoxy) is 1. The van der Waals surface area contributed by atoms with Crippen LogP contribution in [0.5, 0.6) is 5.75 Å². The summed E-state index contributed by atoms with van der Waals surface area (Å²) in [7, 11) is 1.75. The van der Waals surface area contributed by atoms with E-state index in [9.17, 15) is 0 Å². The minimum absolute atomic E-state index is 0.741. The third kappa shape index (κ3) is 3.11. The van der Waals surface area contributed by atoms with E-state index in [4.69, 9.17) is 4.74 Å². The summed E-state index contributed by atoms with van der Waals surface area (Å²) in [5, 5.41) is 3.57. The molecule has 0 spiro atoms. The average Bonchev–Trinajstić information content (AvgIpc) is 3.32. The highest BCUT2D eigenvalue weighted by Crippen LogP contribution is 2.34. The fourth-order valence-electron chi connectivity index (χ4n) is 2.68. The van der Waals surface area contributed by atoms with Gasteiger partial charge in [-0.1, -0.05) is 30.3 Å². The Morgan fingerprint density at radius 2 is 1.95 bits per heavy atom. The lowest BCUT2D eigenvalue weighted by Gasteiger charge is -2.14. The van der Waals surface area contributed by atoms with E-state index in [1.165, 1.54) is 40.7 Å². The standard InChI is InChI=1S/C19H23NO/c1-13-7-10-18(19(21-3)14(13)2)16-6-4-5-15(11-16)12-20-17-8-9-17/h4-7,10-11,17,20H,8-9,12H2,1-3H3. The van der Waals surface area contributed by atoms with E-state index in [0.29, 0.717) is 0 Å². The molecule has 0 amide bonds. The molecule has 1 saturated carbocycles. The molecular weight excluding hydrogens is 258 g/mol. The maximum atomic E-state index is 5.64. The van der Waals surface area contributed by atoms with E-state index in [1.54, 1.807) is 7.11 Å². The molecule has 110 valence electrons. The fraction of sp³-hybridized carbons (Fsp3) is 0.368. The summed E-state index contributed by atoms with van der Waals surface area (Å²) in [4.78, 5) is 0. The number of methoxy groups -OCH3 is 1. The van der Waals surface area contributed by atoms with Gasteiger partial charge in [0.1, 0.15) is 5.75 Å². The number of aryl methyl sites for hydroxylation is 1. The lowest BCUT2D eigenvalue weighted by molar-refractivity contribution is 0.413. The van der Waals surface area contributed by atoms with Crippen LogP contribution in [0.2, 0.25) is 0 Å². The van der Waals surface area contributed by atoms with Crippen molar-refractivity contribution in [2.45, 2.75) is 39.3 Å². The van der Waals surface area contributed by atoms with Crippen molar-refractivity contribution in [3.63, 3.8) is 0 Å². The SMILES string of the molecule is COc1c(-c2cccc(CNC3CC3)c2)ccc(C)c1C. The van der Waals surface area contributed by atoms with Crippen LogP contribution in [0, 0.1) is 13.8 Å². The van der Waals surface area contributed by atoms with Crippen LogP contribution in [0.3, 0.4) is 0 Å². The topological polar surface area (TPSA) is 21.3 Å². The molecule has 2 nitrogen and oxygen atoms in total. The normalized spacial score (nSPS) is 14.2. The molecule has 1 N–H and O–H groups in total. The van der Waals surface area contributed by atoms with Crippen LogP contribution < -0.4 is 10.1 Å². The van der Waals surface area contributed by atoms with Gasteiger partial charge in [0.15, 0.2) is 0 Å². The Labute approximate surface area is 127 Å². The van der Waals surface area contributed by atoms with Crippen LogP contribution in [0.1, 0.15) is 29.5 Å². The second-order valence-electron chi connectivity index (χ2n) is 5.94. The summed E-state index contributed by atoms with van der Waals surface area (Å²) in [6.07, 6.45) is 2.65. The van der Waals surface area contributed by atoms with Crippen molar-refractivity contribution in [1.82, 2.24) is 5.32 Å². The van der Waals surface area contributed by atoms with Gasteiger partial charge in [0.05, 0.1) is 7.11 Å². The predicted octanol–water partition coefficient (Wildman–Crippen LogP) is 4.23. The van der Waals surface area contributed by atoms with Crippen LogP contribution in [-0.4, -0.2) is 13.2 Å². The van der Waals surface area contributed by atoms with Gasteiger partial charge in [-0.15, -0.1) is 0 Å². The largest absolute Gasteiger partial charge is 0.496 e. The average molecular weight is 281 g/mol. The maximum absolute atomic E-state index is 5.64. The lowest BCUT2D eigenvalue weighted by Crippen LogP contribution is -2.15. The predicted molar refractivity (Wildman–Crippen MR) is 87.8 cm³/mol. The Kier molecular flexibility index (Phi) is 3.98. The summed E-state index contributed by atoms with van der Waals surface area (Å²) < 4.78 is 5.64. The van der Waals surface area contributed by atoms with Gasteiger partial charge in [-0.25, -0.2) is 0 Å². The zero-order chi connectivity index (χ0) is 14.8. The molecule has 0 bridgehead atoms. The van der Waals surface area contributed by atoms with Crippen LogP contribution in [0.15, 0.2) is 36.4 Å². The Morgan fingerprint density at radius 3 is 2.67 bits per heavy atom. The van der Waals surface area contributed by atoms with Gasteiger partial charge < -0.3 is 10.1 Å². The minimum Gasteiger partial charge on any atom is -0.496 e. The zero-order valence-electron chi connectivity index (χ0n) is 13.1. The second-order valence-corrected chi connectivity index (χ2v) is 5.94. The smallest absolute Gasteiger partial charge is 0.129 e. The number of nitrogens with one attached hydrogen (secondary N) is 1. The fourth-order valence-corrected chi connectivity index (χ4v) is 2.68. The summed E-state index contributed by atoms with van der Waals surface area (Å²) in [6, 6.07) is 13.8. The number of rotatable bonds is 5. The molecular formula is C19H23NO. The van der Waals surface area contributed by atoms with Gasteiger partial charge in [0.2, 0.25) is 0 Å². The third-order valence-corrected chi connectivity index (χ3v) is 4.29. The van der Waals surface area contributed by atoms with E-state index >= 15 is 0 Å². The Hall–Kier alpha value is -1.80. The van der Waals surface area contributed by atoms with E-state index in [0.717, 1.165) is 18.3 Å². The monoisotopic (exact) mass is 281 g/mol. The molecule has 2 aromatic rings. The van der Waals surface area contributed by atoms with Gasteiger partial charge in [0.25, 0.3) is 0 Å². The molecule has 0 aromatic heterocycles. The second kappa shape index (κ2) is 5.90. The van der Waals surface area contributed by atoms with Crippen molar-refractivity contribution in [1.29, 1.82) is 0 Å². The molecule has 0 atom stereocenters. The van der Waals surface area contributed by atoms with Crippen molar-refractivity contribution in [2.24, 2.45) is 0 Å². The van der Waals surface area contributed by atoms with E-state index in [2.05, 4.69) is 55.6 Å². The zero-order valence-corrected chi connectivity index (χ0v) is 13.1. The van der Waals surface area contributed by atoms with Crippen molar-refractivity contribution >= 4 is 0 Å². The van der Waals surface area contributed by atoms with Gasteiger partial charge in [-0.3, -0.25) is 0 Å². The molecule has 1 fully saturated rings. The van der Waals surface area contributed by atoms with Gasteiger partial charge in [-0.05, 0) is 55.0 Å². The molecule has 0 aliphatic heterocycles. The molecule has 1 aliphatic carbocycles. The maximum Gasteiger partial charge on any atom is 0.129 e. The molecule has 3 rings (SSSR count). The van der Waals surface area contributed by atoms with Crippen molar-refractivity contribution in [3.8, 4) is 16.9 Å². The molecule has 0 unspecified atom stereocenters. The van der Waals surface area contributed by atoms with E-state index in [-0.39, 0.29) is 0 Å². The summed E-state index contributed by atoms with van der Waals surface area (Å²) in [6.45, 7) is 5.19. The lowest BCUT2D eigenvalue weighted by atomic mass is 9.97. The quantitative estimate of drug-likeness (QED) is 0.885. The first-order chi connectivity index (χ1) is 10.2. The molecule has 0 radical (unpaired) electrons. The Morgan fingerprint density at radius 1 is 1.14 bits per heavy atom. The van der Waals surface area contributed by atoms with Crippen LogP contribution in [0.25, 0.3) is 11.1 Å². The first-order valence-electron chi connectivity index (χ1n) is 7.66. The van der Waals surface area contributed by atoms with Crippen LogP contribution in [0.4, 0.5) is 0 Å². The van der Waals surface area contributed by atoms with Crippen LogP contribution >= 0.6 is 0 Å².